The maximum absolute atomic E-state index is 12.0. The Balaban J connectivity index is 1.86. The number of thiocarbonyl (C=S) groups is 1. The Morgan fingerprint density at radius 1 is 0.865 bits per heavy atom. The molecule has 0 atom stereocenters. The number of hydrogen-bond donors (Lipinski definition) is 3. The summed E-state index contributed by atoms with van der Waals surface area (Å²) >= 11 is 5.57. The molecule has 11 heteroatoms. The maximum Gasteiger partial charge on any atom is 0.294 e. The van der Waals surface area contributed by atoms with E-state index in [1.54, 1.807) is 0 Å². The molecule has 0 amide bonds. The molecule has 1 aromatic heterocycles. The van der Waals surface area contributed by atoms with Gasteiger partial charge in [0.15, 0.2) is 0 Å². The smallest absolute Gasteiger partial charge is 0.294 e. The van der Waals surface area contributed by atoms with Gasteiger partial charge in [0.25, 0.3) is 20.2 Å². The minimum Gasteiger partial charge on any atom is -0.342 e. The van der Waals surface area contributed by atoms with Crippen LogP contribution < -0.4 is 0 Å². The van der Waals surface area contributed by atoms with Crippen LogP contribution in [0.4, 0.5) is 0 Å². The van der Waals surface area contributed by atoms with E-state index in [-0.39, 0.29) is 24.2 Å². The molecule has 2 aromatic rings. The second-order valence-corrected chi connectivity index (χ2v) is 13.4. The van der Waals surface area contributed by atoms with Crippen LogP contribution >= 0.6 is 12.2 Å². The van der Waals surface area contributed by atoms with Crippen LogP contribution in [0.25, 0.3) is 11.0 Å². The number of nitrogens with one attached hydrogen (secondary N) is 1. The van der Waals surface area contributed by atoms with Crippen LogP contribution in [-0.4, -0.2) is 46.5 Å². The first-order valence-corrected chi connectivity index (χ1v) is 16.9. The molecule has 0 bridgehead atoms. The second kappa shape index (κ2) is 15.9. The third-order valence-corrected chi connectivity index (χ3v) is 8.63. The minimum absolute atomic E-state index is 0.163. The molecule has 0 saturated carbocycles. The van der Waals surface area contributed by atoms with E-state index in [9.17, 15) is 21.4 Å². The van der Waals surface area contributed by atoms with Gasteiger partial charge in [0.1, 0.15) is 5.82 Å². The van der Waals surface area contributed by atoms with Gasteiger partial charge in [0.2, 0.25) is 0 Å². The number of aromatic amines is 1. The quantitative estimate of drug-likeness (QED) is 0.0910. The molecule has 1 aromatic carbocycles. The second-order valence-electron chi connectivity index (χ2n) is 9.84. The van der Waals surface area contributed by atoms with Gasteiger partial charge in [-0.1, -0.05) is 89.8 Å². The lowest BCUT2D eigenvalue weighted by Gasteiger charge is -2.09. The number of hydrogen-bond acceptors (Lipinski definition) is 6. The molecule has 0 radical (unpaired) electrons. The summed E-state index contributed by atoms with van der Waals surface area (Å²) in [5, 5.41) is 0. The Morgan fingerprint density at radius 2 is 1.43 bits per heavy atom. The molecular formula is C26H42N2O6S3. The van der Waals surface area contributed by atoms with E-state index in [2.05, 4.69) is 16.9 Å². The molecule has 37 heavy (non-hydrogen) atoms. The average Bonchev–Trinajstić information content (AvgIpc) is 3.22. The molecule has 0 saturated heterocycles. The zero-order valence-corrected chi connectivity index (χ0v) is 24.3. The van der Waals surface area contributed by atoms with E-state index >= 15 is 0 Å². The molecule has 0 unspecified atom stereocenters. The van der Waals surface area contributed by atoms with Crippen LogP contribution in [0.5, 0.6) is 0 Å². The SMILES string of the molecule is CCCCCCCCCCCCCCC(=S)Cc1c(S(=O)(=O)O)ccc2[nH]c(CCCS(=O)(=O)O)nc12. The fourth-order valence-electron chi connectivity index (χ4n) is 4.57. The third kappa shape index (κ3) is 12.3. The van der Waals surface area contributed by atoms with E-state index < -0.39 is 26.0 Å². The Morgan fingerprint density at radius 3 is 1.97 bits per heavy atom. The first-order valence-electron chi connectivity index (χ1n) is 13.5. The van der Waals surface area contributed by atoms with Gasteiger partial charge >= 0.3 is 0 Å². The standard InChI is InChI=1S/C26H42N2O6S3/c1-2-3-4-5-6-7-8-9-10-11-12-13-15-21(35)20-22-24(37(32,33)34)18-17-23-26(22)28-25(27-23)16-14-19-36(29,30)31/h17-18H,2-16,19-20H2,1H3,(H,27,28)(H,29,30,31)(H,32,33,34). The highest BCUT2D eigenvalue weighted by Crippen LogP contribution is 2.26. The zero-order valence-electron chi connectivity index (χ0n) is 21.9. The fourth-order valence-corrected chi connectivity index (χ4v) is 6.08. The first kappa shape index (κ1) is 31.8. The van der Waals surface area contributed by atoms with Crippen LogP contribution in [0.3, 0.4) is 0 Å². The van der Waals surface area contributed by atoms with Gasteiger partial charge in [-0.3, -0.25) is 9.11 Å². The van der Waals surface area contributed by atoms with Crippen molar-refractivity contribution in [2.45, 2.75) is 115 Å². The van der Waals surface area contributed by atoms with E-state index in [0.717, 1.165) is 19.3 Å². The minimum atomic E-state index is -4.47. The molecule has 0 aliphatic heterocycles. The van der Waals surface area contributed by atoms with Gasteiger partial charge in [-0.2, -0.15) is 16.8 Å². The van der Waals surface area contributed by atoms with Gasteiger partial charge in [-0.05, 0) is 36.3 Å². The lowest BCUT2D eigenvalue weighted by atomic mass is 10.0. The predicted octanol–water partition coefficient (Wildman–Crippen LogP) is 6.63. The largest absolute Gasteiger partial charge is 0.342 e. The molecule has 0 aliphatic rings. The molecule has 3 N–H and O–H groups in total. The number of H-pyrrole nitrogens is 1. The van der Waals surface area contributed by atoms with Crippen molar-refractivity contribution < 1.29 is 25.9 Å². The summed E-state index contributed by atoms with van der Waals surface area (Å²) in [6, 6.07) is 2.86. The van der Waals surface area contributed by atoms with Crippen molar-refractivity contribution in [2.75, 3.05) is 5.75 Å². The zero-order chi connectivity index (χ0) is 27.3. The summed E-state index contributed by atoms with van der Waals surface area (Å²) in [5.41, 5.74) is 1.33. The van der Waals surface area contributed by atoms with Crippen molar-refractivity contribution >= 4 is 48.4 Å². The van der Waals surface area contributed by atoms with Gasteiger partial charge in [0.05, 0.1) is 21.7 Å². The van der Waals surface area contributed by atoms with Crippen LogP contribution in [-0.2, 0) is 33.1 Å². The van der Waals surface area contributed by atoms with E-state index in [4.69, 9.17) is 16.8 Å². The summed E-state index contributed by atoms with van der Waals surface area (Å²) in [6.07, 6.45) is 16.3. The van der Waals surface area contributed by atoms with Gasteiger partial charge in [0, 0.05) is 18.4 Å². The van der Waals surface area contributed by atoms with Gasteiger partial charge in [-0.25, -0.2) is 4.98 Å². The molecular weight excluding hydrogens is 532 g/mol. The molecule has 0 aliphatic carbocycles. The van der Waals surface area contributed by atoms with Gasteiger partial charge < -0.3 is 4.98 Å². The molecule has 210 valence electrons. The highest BCUT2D eigenvalue weighted by molar-refractivity contribution is 7.86. The van der Waals surface area contributed by atoms with Crippen LogP contribution in [0, 0.1) is 0 Å². The number of aromatic nitrogens is 2. The summed E-state index contributed by atoms with van der Waals surface area (Å²) < 4.78 is 64.7. The monoisotopic (exact) mass is 574 g/mol. The van der Waals surface area contributed by atoms with E-state index in [0.29, 0.717) is 33.7 Å². The van der Waals surface area contributed by atoms with Crippen molar-refractivity contribution in [2.24, 2.45) is 0 Å². The number of fused-ring (bicyclic) bond motifs is 1. The van der Waals surface area contributed by atoms with E-state index in [1.807, 2.05) is 0 Å². The number of unbranched alkanes of at least 4 members (excludes halogenated alkanes) is 11. The number of rotatable bonds is 20. The summed E-state index contributed by atoms with van der Waals surface area (Å²) in [4.78, 5) is 8.01. The Hall–Kier alpha value is -1.40. The molecule has 2 rings (SSSR count). The van der Waals surface area contributed by atoms with E-state index in [1.165, 1.54) is 69.9 Å². The maximum atomic E-state index is 12.0. The van der Waals surface area contributed by atoms with Crippen LogP contribution in [0.15, 0.2) is 17.0 Å². The summed E-state index contributed by atoms with van der Waals surface area (Å²) in [5.74, 6) is 0.0790. The Kier molecular flexibility index (Phi) is 13.7. The lowest BCUT2D eigenvalue weighted by molar-refractivity contribution is 0.479. The Bertz CT molecular complexity index is 1210. The van der Waals surface area contributed by atoms with Crippen LogP contribution in [0.1, 0.15) is 108 Å². The highest BCUT2D eigenvalue weighted by atomic mass is 32.2. The molecule has 0 spiro atoms. The number of imidazole rings is 1. The number of aryl methyl sites for hydroxylation is 1. The fraction of sp³-hybridized carbons (Fsp3) is 0.692. The third-order valence-electron chi connectivity index (χ3n) is 6.54. The first-order chi connectivity index (χ1) is 17.5. The van der Waals surface area contributed by atoms with Crippen molar-refractivity contribution in [3.8, 4) is 0 Å². The molecule has 1 heterocycles. The summed E-state index contributed by atoms with van der Waals surface area (Å²) in [7, 11) is -8.54. The molecule has 0 fully saturated rings. The summed E-state index contributed by atoms with van der Waals surface area (Å²) in [6.45, 7) is 2.24. The lowest BCUT2D eigenvalue weighted by Crippen LogP contribution is -2.08. The normalized spacial score (nSPS) is 12.4. The Labute approximate surface area is 227 Å². The van der Waals surface area contributed by atoms with Crippen molar-refractivity contribution in [1.29, 1.82) is 0 Å². The van der Waals surface area contributed by atoms with Crippen molar-refractivity contribution in [3.63, 3.8) is 0 Å². The topological polar surface area (TPSA) is 137 Å². The van der Waals surface area contributed by atoms with Gasteiger partial charge in [-0.15, -0.1) is 0 Å². The predicted molar refractivity (Wildman–Crippen MR) is 153 cm³/mol. The van der Waals surface area contributed by atoms with Crippen molar-refractivity contribution in [3.05, 3.63) is 23.5 Å². The van der Waals surface area contributed by atoms with Crippen molar-refractivity contribution in [1.82, 2.24) is 9.97 Å². The van der Waals surface area contributed by atoms with Crippen LogP contribution in [0.2, 0.25) is 0 Å². The highest BCUT2D eigenvalue weighted by Gasteiger charge is 2.21. The molecule has 8 nitrogen and oxygen atoms in total. The number of benzene rings is 1. The number of nitrogens with zero attached hydrogens (tertiary/aromatic N) is 1. The average molecular weight is 575 g/mol.